The van der Waals surface area contributed by atoms with Crippen molar-refractivity contribution in [3.63, 3.8) is 0 Å². The van der Waals surface area contributed by atoms with Crippen molar-refractivity contribution in [1.29, 1.82) is 0 Å². The molecule has 1 fully saturated rings. The van der Waals surface area contributed by atoms with Gasteiger partial charge in [-0.15, -0.1) is 0 Å². The summed E-state index contributed by atoms with van der Waals surface area (Å²) in [5.74, 6) is 1.71. The summed E-state index contributed by atoms with van der Waals surface area (Å²) in [4.78, 5) is 18.9. The zero-order chi connectivity index (χ0) is 20.2. The summed E-state index contributed by atoms with van der Waals surface area (Å²) < 4.78 is 17.2. The number of nitrogens with zero attached hydrogens (tertiary/aromatic N) is 2. The molecule has 3 aromatic rings. The van der Waals surface area contributed by atoms with Crippen LogP contribution in [0, 0.1) is 6.92 Å². The van der Waals surface area contributed by atoms with Crippen molar-refractivity contribution in [3.8, 4) is 17.2 Å². The van der Waals surface area contributed by atoms with E-state index >= 15 is 0 Å². The summed E-state index contributed by atoms with van der Waals surface area (Å²) in [5, 5.41) is 0.549. The van der Waals surface area contributed by atoms with Crippen LogP contribution in [0.1, 0.15) is 16.1 Å². The van der Waals surface area contributed by atoms with Crippen LogP contribution in [0.4, 0.5) is 0 Å². The lowest BCUT2D eigenvalue weighted by atomic mass is 10.1. The number of pyridine rings is 1. The summed E-state index contributed by atoms with van der Waals surface area (Å²) in [7, 11) is 0. The molecule has 1 aliphatic rings. The molecule has 1 aliphatic heterocycles. The average Bonchev–Trinajstić information content (AvgIpc) is 3.15. The summed E-state index contributed by atoms with van der Waals surface area (Å²) >= 11 is 5.83. The van der Waals surface area contributed by atoms with Crippen molar-refractivity contribution in [2.45, 2.75) is 13.0 Å². The summed E-state index contributed by atoms with van der Waals surface area (Å²) in [6.07, 6.45) is 1.30. The summed E-state index contributed by atoms with van der Waals surface area (Å²) in [6, 6.07) is 15.0. The molecule has 29 heavy (non-hydrogen) atoms. The molecule has 6 nitrogen and oxygen atoms in total. The maximum Gasteiger partial charge on any atom is 0.257 e. The first-order valence-corrected chi connectivity index (χ1v) is 9.79. The highest BCUT2D eigenvalue weighted by Crippen LogP contribution is 2.26. The van der Waals surface area contributed by atoms with E-state index in [1.165, 1.54) is 6.20 Å². The lowest BCUT2D eigenvalue weighted by Gasteiger charge is -2.32. The minimum Gasteiger partial charge on any atom is -0.475 e. The van der Waals surface area contributed by atoms with Gasteiger partial charge in [0.05, 0.1) is 23.7 Å². The van der Waals surface area contributed by atoms with Gasteiger partial charge >= 0.3 is 0 Å². The van der Waals surface area contributed by atoms with E-state index in [4.69, 9.17) is 25.5 Å². The first-order chi connectivity index (χ1) is 14.1. The average molecular weight is 413 g/mol. The predicted octanol–water partition coefficient (Wildman–Crippen LogP) is 4.22. The van der Waals surface area contributed by atoms with Gasteiger partial charge in [-0.3, -0.25) is 4.79 Å². The normalized spacial score (nSPS) is 16.6. The molecular formula is C22H21ClN2O4. The Bertz CT molecular complexity index is 972. The molecule has 3 heterocycles. The number of morpholine rings is 1. The fourth-order valence-corrected chi connectivity index (χ4v) is 3.35. The second-order valence-corrected chi connectivity index (χ2v) is 7.25. The number of aromatic nitrogens is 1. The van der Waals surface area contributed by atoms with Crippen molar-refractivity contribution >= 4 is 17.5 Å². The molecule has 4 rings (SSSR count). The number of benzene rings is 1. The number of hydrogen-bond donors (Lipinski definition) is 0. The number of hydrogen-bond acceptors (Lipinski definition) is 5. The van der Waals surface area contributed by atoms with Crippen LogP contribution >= 0.6 is 11.6 Å². The fraction of sp³-hybridized carbons (Fsp3) is 0.273. The topological polar surface area (TPSA) is 64.8 Å². The molecule has 2 aromatic heterocycles. The van der Waals surface area contributed by atoms with Crippen molar-refractivity contribution < 1.29 is 18.7 Å². The van der Waals surface area contributed by atoms with Crippen molar-refractivity contribution in [2.75, 3.05) is 26.3 Å². The summed E-state index contributed by atoms with van der Waals surface area (Å²) in [5.41, 5.74) is 1.52. The third-order valence-electron chi connectivity index (χ3n) is 4.75. The van der Waals surface area contributed by atoms with Crippen molar-refractivity contribution in [1.82, 2.24) is 9.88 Å². The van der Waals surface area contributed by atoms with E-state index in [1.54, 1.807) is 17.0 Å². The van der Waals surface area contributed by atoms with Gasteiger partial charge in [0.1, 0.15) is 24.2 Å². The van der Waals surface area contributed by atoms with Gasteiger partial charge in [-0.05, 0) is 19.1 Å². The molecule has 0 aliphatic carbocycles. The number of aryl methyl sites for hydroxylation is 1. The molecule has 1 amide bonds. The molecule has 7 heteroatoms. The molecule has 0 spiro atoms. The van der Waals surface area contributed by atoms with Crippen LogP contribution in [-0.2, 0) is 4.74 Å². The lowest BCUT2D eigenvalue weighted by Crippen LogP contribution is -2.47. The molecule has 1 saturated heterocycles. The largest absolute Gasteiger partial charge is 0.475 e. The molecule has 0 radical (unpaired) electrons. The number of rotatable bonds is 5. The number of carbonyl (C=O) groups is 1. The van der Waals surface area contributed by atoms with Crippen LogP contribution in [-0.4, -0.2) is 48.2 Å². The first-order valence-electron chi connectivity index (χ1n) is 9.41. The Morgan fingerprint density at radius 1 is 1.28 bits per heavy atom. The van der Waals surface area contributed by atoms with Crippen LogP contribution in [0.25, 0.3) is 11.3 Å². The van der Waals surface area contributed by atoms with Gasteiger partial charge in [-0.2, -0.15) is 0 Å². The van der Waals surface area contributed by atoms with Crippen LogP contribution in [0.2, 0.25) is 5.02 Å². The Kier molecular flexibility index (Phi) is 5.83. The Morgan fingerprint density at radius 2 is 2.10 bits per heavy atom. The monoisotopic (exact) mass is 412 g/mol. The highest BCUT2D eigenvalue weighted by molar-refractivity contribution is 6.30. The van der Waals surface area contributed by atoms with E-state index in [-0.39, 0.29) is 12.0 Å². The molecule has 1 atom stereocenters. The SMILES string of the molecule is Cc1oc(-c2ccccc2)cc1C(=O)N1CCOC(COc2ccc(Cl)cn2)C1. The maximum atomic E-state index is 13.1. The number of carbonyl (C=O) groups excluding carboxylic acids is 1. The lowest BCUT2D eigenvalue weighted by molar-refractivity contribution is -0.0407. The van der Waals surface area contributed by atoms with E-state index < -0.39 is 0 Å². The molecular weight excluding hydrogens is 392 g/mol. The van der Waals surface area contributed by atoms with Gasteiger partial charge < -0.3 is 18.8 Å². The van der Waals surface area contributed by atoms with Gasteiger partial charge in [0.15, 0.2) is 0 Å². The highest BCUT2D eigenvalue weighted by Gasteiger charge is 2.28. The van der Waals surface area contributed by atoms with Gasteiger partial charge in [0.25, 0.3) is 5.91 Å². The van der Waals surface area contributed by atoms with Crippen LogP contribution < -0.4 is 4.74 Å². The van der Waals surface area contributed by atoms with Crippen molar-refractivity contribution in [3.05, 3.63) is 71.1 Å². The van der Waals surface area contributed by atoms with E-state index in [0.29, 0.717) is 54.3 Å². The number of ether oxygens (including phenoxy) is 2. The second-order valence-electron chi connectivity index (χ2n) is 6.82. The number of amides is 1. The molecule has 1 unspecified atom stereocenters. The van der Waals surface area contributed by atoms with Gasteiger partial charge in [0, 0.05) is 24.4 Å². The Morgan fingerprint density at radius 3 is 2.86 bits per heavy atom. The molecule has 1 aromatic carbocycles. The van der Waals surface area contributed by atoms with Gasteiger partial charge in [-0.25, -0.2) is 4.98 Å². The predicted molar refractivity (Wildman–Crippen MR) is 109 cm³/mol. The number of halogens is 1. The minimum absolute atomic E-state index is 0.0636. The minimum atomic E-state index is -0.231. The highest BCUT2D eigenvalue weighted by atomic mass is 35.5. The first kappa shape index (κ1) is 19.5. The molecule has 0 bridgehead atoms. The zero-order valence-electron chi connectivity index (χ0n) is 16.0. The Hall–Kier alpha value is -2.83. The van der Waals surface area contributed by atoms with Crippen LogP contribution in [0.15, 0.2) is 59.1 Å². The van der Waals surface area contributed by atoms with Gasteiger partial charge in [0.2, 0.25) is 5.88 Å². The van der Waals surface area contributed by atoms with E-state index in [2.05, 4.69) is 4.98 Å². The van der Waals surface area contributed by atoms with E-state index in [1.807, 2.05) is 43.3 Å². The maximum absolute atomic E-state index is 13.1. The van der Waals surface area contributed by atoms with Crippen molar-refractivity contribution in [2.24, 2.45) is 0 Å². The molecule has 0 N–H and O–H groups in total. The molecule has 0 saturated carbocycles. The van der Waals surface area contributed by atoms with Crippen LogP contribution in [0.3, 0.4) is 0 Å². The summed E-state index contributed by atoms with van der Waals surface area (Å²) in [6.45, 7) is 3.54. The van der Waals surface area contributed by atoms with Gasteiger partial charge in [-0.1, -0.05) is 41.9 Å². The quantitative estimate of drug-likeness (QED) is 0.627. The Balaban J connectivity index is 1.41. The third kappa shape index (κ3) is 4.60. The van der Waals surface area contributed by atoms with E-state index in [0.717, 1.165) is 5.56 Å². The Labute approximate surface area is 174 Å². The third-order valence-corrected chi connectivity index (χ3v) is 4.97. The second kappa shape index (κ2) is 8.68. The van der Waals surface area contributed by atoms with E-state index in [9.17, 15) is 4.79 Å². The standard InChI is InChI=1S/C22H21ClN2O4/c1-15-19(11-20(29-15)16-5-3-2-4-6-16)22(26)25-9-10-27-18(13-25)14-28-21-8-7-17(23)12-24-21/h2-8,11-12,18H,9-10,13-14H2,1H3. The number of furan rings is 1. The van der Waals surface area contributed by atoms with Crippen LogP contribution in [0.5, 0.6) is 5.88 Å². The molecule has 150 valence electrons. The smallest absolute Gasteiger partial charge is 0.257 e. The fourth-order valence-electron chi connectivity index (χ4n) is 3.24. The zero-order valence-corrected chi connectivity index (χ0v) is 16.8.